The van der Waals surface area contributed by atoms with Gasteiger partial charge in [0.25, 0.3) is 0 Å². The molecule has 0 bridgehead atoms. The molecule has 0 unspecified atom stereocenters. The number of rotatable bonds is 8. The maximum absolute atomic E-state index is 14.0. The summed E-state index contributed by atoms with van der Waals surface area (Å²) >= 11 is 0. The van der Waals surface area contributed by atoms with Crippen LogP contribution in [0.5, 0.6) is 0 Å². The largest absolute Gasteiger partial charge is 0.313 e. The van der Waals surface area contributed by atoms with Gasteiger partial charge < -0.3 is 5.32 Å². The first-order valence-electron chi connectivity index (χ1n) is 7.82. The predicted octanol–water partition coefficient (Wildman–Crippen LogP) is 3.56. The summed E-state index contributed by atoms with van der Waals surface area (Å²) in [5, 5.41) is 3.30. The van der Waals surface area contributed by atoms with Crippen molar-refractivity contribution < 1.29 is 4.39 Å². The number of hydrogen-bond acceptors (Lipinski definition) is 2. The second kappa shape index (κ2) is 7.19. The van der Waals surface area contributed by atoms with Crippen LogP contribution in [0.2, 0.25) is 0 Å². The van der Waals surface area contributed by atoms with Crippen molar-refractivity contribution in [3.05, 3.63) is 35.1 Å². The second-order valence-electron chi connectivity index (χ2n) is 6.26. The van der Waals surface area contributed by atoms with Crippen LogP contribution in [-0.4, -0.2) is 24.0 Å². The van der Waals surface area contributed by atoms with Gasteiger partial charge in [-0.3, -0.25) is 4.90 Å². The maximum Gasteiger partial charge on any atom is 0.127 e. The van der Waals surface area contributed by atoms with E-state index in [-0.39, 0.29) is 5.82 Å². The van der Waals surface area contributed by atoms with Crippen LogP contribution < -0.4 is 5.32 Å². The van der Waals surface area contributed by atoms with Gasteiger partial charge in [-0.2, -0.15) is 0 Å². The zero-order valence-electron chi connectivity index (χ0n) is 13.0. The van der Waals surface area contributed by atoms with Gasteiger partial charge in [0.05, 0.1) is 0 Å². The summed E-state index contributed by atoms with van der Waals surface area (Å²) in [6, 6.07) is 6.19. The SMILES string of the molecule is CCNCc1ccc(F)c(CN(CC(C)C)C2CC2)c1. The average molecular weight is 278 g/mol. The summed E-state index contributed by atoms with van der Waals surface area (Å²) < 4.78 is 14.0. The van der Waals surface area contributed by atoms with E-state index in [1.165, 1.54) is 18.4 Å². The third-order valence-electron chi connectivity index (χ3n) is 3.73. The summed E-state index contributed by atoms with van der Waals surface area (Å²) in [6.45, 7) is 10.1. The molecule has 2 nitrogen and oxygen atoms in total. The Morgan fingerprint density at radius 2 is 2.10 bits per heavy atom. The minimum atomic E-state index is -0.0698. The monoisotopic (exact) mass is 278 g/mol. The van der Waals surface area contributed by atoms with Crippen LogP contribution >= 0.6 is 0 Å². The van der Waals surface area contributed by atoms with E-state index in [0.29, 0.717) is 12.0 Å². The van der Waals surface area contributed by atoms with Crippen molar-refractivity contribution >= 4 is 0 Å². The number of hydrogen-bond donors (Lipinski definition) is 1. The Morgan fingerprint density at radius 3 is 2.70 bits per heavy atom. The molecule has 1 aromatic carbocycles. The van der Waals surface area contributed by atoms with Gasteiger partial charge in [-0.05, 0) is 36.9 Å². The Morgan fingerprint density at radius 1 is 1.35 bits per heavy atom. The highest BCUT2D eigenvalue weighted by atomic mass is 19.1. The van der Waals surface area contributed by atoms with E-state index in [4.69, 9.17) is 0 Å². The number of benzene rings is 1. The first kappa shape index (κ1) is 15.5. The molecule has 112 valence electrons. The molecule has 0 aliphatic heterocycles. The average Bonchev–Trinajstić information content (AvgIpc) is 3.22. The van der Waals surface area contributed by atoms with Crippen molar-refractivity contribution in [1.82, 2.24) is 10.2 Å². The smallest absolute Gasteiger partial charge is 0.127 e. The van der Waals surface area contributed by atoms with E-state index in [9.17, 15) is 4.39 Å². The molecule has 1 aliphatic rings. The van der Waals surface area contributed by atoms with Gasteiger partial charge in [0, 0.05) is 31.2 Å². The Hall–Kier alpha value is -0.930. The van der Waals surface area contributed by atoms with E-state index in [2.05, 4.69) is 31.0 Å². The highest BCUT2D eigenvalue weighted by molar-refractivity contribution is 5.25. The second-order valence-corrected chi connectivity index (χ2v) is 6.26. The van der Waals surface area contributed by atoms with Crippen molar-refractivity contribution in [2.24, 2.45) is 5.92 Å². The lowest BCUT2D eigenvalue weighted by Crippen LogP contribution is -2.30. The predicted molar refractivity (Wildman–Crippen MR) is 82.1 cm³/mol. The zero-order chi connectivity index (χ0) is 14.5. The third-order valence-corrected chi connectivity index (χ3v) is 3.73. The van der Waals surface area contributed by atoms with E-state index >= 15 is 0 Å². The lowest BCUT2D eigenvalue weighted by molar-refractivity contribution is 0.223. The topological polar surface area (TPSA) is 15.3 Å². The summed E-state index contributed by atoms with van der Waals surface area (Å²) in [4.78, 5) is 2.44. The van der Waals surface area contributed by atoms with E-state index in [1.807, 2.05) is 12.1 Å². The molecule has 0 aromatic heterocycles. The highest BCUT2D eigenvalue weighted by Gasteiger charge is 2.29. The summed E-state index contributed by atoms with van der Waals surface area (Å²) in [5.74, 6) is 0.559. The van der Waals surface area contributed by atoms with Crippen molar-refractivity contribution in [3.63, 3.8) is 0 Å². The minimum absolute atomic E-state index is 0.0698. The number of nitrogens with zero attached hydrogens (tertiary/aromatic N) is 1. The van der Waals surface area contributed by atoms with Crippen LogP contribution in [0, 0.1) is 11.7 Å². The normalized spacial score (nSPS) is 15.3. The van der Waals surface area contributed by atoms with Crippen LogP contribution in [-0.2, 0) is 13.1 Å². The molecule has 0 spiro atoms. The number of halogens is 1. The maximum atomic E-state index is 14.0. The molecule has 1 N–H and O–H groups in total. The van der Waals surface area contributed by atoms with Gasteiger partial charge >= 0.3 is 0 Å². The first-order chi connectivity index (χ1) is 9.60. The van der Waals surface area contributed by atoms with Crippen LogP contribution in [0.25, 0.3) is 0 Å². The Labute approximate surface area is 122 Å². The highest BCUT2D eigenvalue weighted by Crippen LogP contribution is 2.29. The van der Waals surface area contributed by atoms with Crippen molar-refractivity contribution in [1.29, 1.82) is 0 Å². The zero-order valence-corrected chi connectivity index (χ0v) is 13.0. The lowest BCUT2D eigenvalue weighted by atomic mass is 10.1. The van der Waals surface area contributed by atoms with Gasteiger partial charge in [0.15, 0.2) is 0 Å². The Kier molecular flexibility index (Phi) is 5.55. The van der Waals surface area contributed by atoms with Crippen molar-refractivity contribution in [2.45, 2.75) is 52.7 Å². The molecule has 20 heavy (non-hydrogen) atoms. The molecule has 1 saturated carbocycles. The molecule has 3 heteroatoms. The first-order valence-corrected chi connectivity index (χ1v) is 7.82. The van der Waals surface area contributed by atoms with Crippen molar-refractivity contribution in [3.8, 4) is 0 Å². The van der Waals surface area contributed by atoms with E-state index in [0.717, 1.165) is 31.7 Å². The molecule has 0 atom stereocenters. The van der Waals surface area contributed by atoms with Gasteiger partial charge in [0.2, 0.25) is 0 Å². The molecule has 0 radical (unpaired) electrons. The van der Waals surface area contributed by atoms with Crippen LogP contribution in [0.15, 0.2) is 18.2 Å². The molecule has 0 saturated heterocycles. The van der Waals surface area contributed by atoms with E-state index < -0.39 is 0 Å². The molecule has 0 amide bonds. The minimum Gasteiger partial charge on any atom is -0.313 e. The lowest BCUT2D eigenvalue weighted by Gasteiger charge is -2.24. The van der Waals surface area contributed by atoms with Crippen LogP contribution in [0.4, 0.5) is 4.39 Å². The third kappa shape index (κ3) is 4.57. The molecule has 1 fully saturated rings. The molecular weight excluding hydrogens is 251 g/mol. The Balaban J connectivity index is 2.05. The van der Waals surface area contributed by atoms with Gasteiger partial charge in [-0.1, -0.05) is 32.9 Å². The molecule has 0 heterocycles. The molecule has 2 rings (SSSR count). The number of nitrogens with one attached hydrogen (secondary N) is 1. The van der Waals surface area contributed by atoms with Crippen molar-refractivity contribution in [2.75, 3.05) is 13.1 Å². The molecular formula is C17H27FN2. The van der Waals surface area contributed by atoms with Gasteiger partial charge in [-0.25, -0.2) is 4.39 Å². The fourth-order valence-electron chi connectivity index (χ4n) is 2.60. The molecule has 1 aliphatic carbocycles. The van der Waals surface area contributed by atoms with E-state index in [1.54, 1.807) is 6.07 Å². The fourth-order valence-corrected chi connectivity index (χ4v) is 2.60. The summed E-state index contributed by atoms with van der Waals surface area (Å²) in [5.41, 5.74) is 2.01. The summed E-state index contributed by atoms with van der Waals surface area (Å²) in [6.07, 6.45) is 2.54. The van der Waals surface area contributed by atoms with Crippen LogP contribution in [0.1, 0.15) is 44.7 Å². The quantitative estimate of drug-likeness (QED) is 0.782. The van der Waals surface area contributed by atoms with Crippen LogP contribution in [0.3, 0.4) is 0 Å². The standard InChI is InChI=1S/C17H27FN2/c1-4-19-10-14-5-8-17(18)15(9-14)12-20(11-13(2)3)16-6-7-16/h5,8-9,13,16,19H,4,6-7,10-12H2,1-3H3. The van der Waals surface area contributed by atoms with Gasteiger partial charge in [0.1, 0.15) is 5.82 Å². The summed E-state index contributed by atoms with van der Waals surface area (Å²) in [7, 11) is 0. The fraction of sp³-hybridized carbons (Fsp3) is 0.647. The van der Waals surface area contributed by atoms with Gasteiger partial charge in [-0.15, -0.1) is 0 Å². The Bertz CT molecular complexity index is 427. The molecule has 1 aromatic rings.